The number of aromatic hydroxyl groups is 3. The molecule has 0 saturated carbocycles. The van der Waals surface area contributed by atoms with E-state index in [9.17, 15) is 10.2 Å². The van der Waals surface area contributed by atoms with Crippen LogP contribution in [0.15, 0.2) is 196 Å². The maximum atomic E-state index is 9.30. The maximum absolute atomic E-state index is 9.30. The fourth-order valence-corrected chi connectivity index (χ4v) is 4.90. The van der Waals surface area contributed by atoms with Crippen LogP contribution in [0.1, 0.15) is 106 Å². The van der Waals surface area contributed by atoms with Crippen molar-refractivity contribution in [1.29, 1.82) is 0 Å². The molecule has 2 aromatic carbocycles. The van der Waals surface area contributed by atoms with Crippen LogP contribution in [0.25, 0.3) is 12.2 Å². The smallest absolute Gasteiger partial charge is 0.119 e. The van der Waals surface area contributed by atoms with Gasteiger partial charge in [-0.2, -0.15) is 0 Å². The summed E-state index contributed by atoms with van der Waals surface area (Å²) in [5, 5.41) is 27.7. The molecule has 0 heterocycles. The lowest BCUT2D eigenvalue weighted by Gasteiger charge is -1.98. The van der Waals surface area contributed by atoms with Gasteiger partial charge in [0.15, 0.2) is 0 Å². The Labute approximate surface area is 346 Å². The van der Waals surface area contributed by atoms with Gasteiger partial charge in [-0.05, 0) is 130 Å². The SMILES string of the molecule is CC(C)=CCC/C(C)=C/C=C/C(C)=C/C=C/C(C)=C/C=C/C=C(C)/C=C/C=C(C)/C=C/C=C(\C)CCC=C(C)C.Oc1ccc(C=Cc2cc(O)cc(O)c2)cc1. The van der Waals surface area contributed by atoms with Gasteiger partial charge in [0.1, 0.15) is 17.2 Å². The third-order valence-electron chi connectivity index (χ3n) is 8.21. The van der Waals surface area contributed by atoms with E-state index in [0.717, 1.165) is 31.2 Å². The van der Waals surface area contributed by atoms with Crippen LogP contribution >= 0.6 is 0 Å². The molecule has 0 saturated heterocycles. The largest absolute Gasteiger partial charge is 0.508 e. The van der Waals surface area contributed by atoms with Crippen molar-refractivity contribution in [3.63, 3.8) is 0 Å². The highest BCUT2D eigenvalue weighted by Crippen LogP contribution is 2.22. The number of hydrogen-bond donors (Lipinski definition) is 3. The molecule has 57 heavy (non-hydrogen) atoms. The van der Waals surface area contributed by atoms with E-state index >= 15 is 0 Å². The van der Waals surface area contributed by atoms with Gasteiger partial charge < -0.3 is 15.3 Å². The first-order chi connectivity index (χ1) is 27.1. The summed E-state index contributed by atoms with van der Waals surface area (Å²) in [5.74, 6) is 0.267. The van der Waals surface area contributed by atoms with Crippen molar-refractivity contribution in [1.82, 2.24) is 0 Å². The summed E-state index contributed by atoms with van der Waals surface area (Å²) in [7, 11) is 0. The van der Waals surface area contributed by atoms with Gasteiger partial charge in [-0.15, -0.1) is 0 Å². The molecule has 0 unspecified atom stereocenters. The zero-order valence-corrected chi connectivity index (χ0v) is 36.3. The Kier molecular flexibility index (Phi) is 25.5. The monoisotopic (exact) mass is 765 g/mol. The van der Waals surface area contributed by atoms with Crippen molar-refractivity contribution in [2.75, 3.05) is 0 Å². The predicted molar refractivity (Wildman–Crippen MR) is 252 cm³/mol. The van der Waals surface area contributed by atoms with Gasteiger partial charge in [0.2, 0.25) is 0 Å². The Hall–Kier alpha value is -5.80. The fraction of sp³-hybridized carbons (Fsp3) is 0.259. The second-order valence-corrected chi connectivity index (χ2v) is 14.8. The van der Waals surface area contributed by atoms with Crippen molar-refractivity contribution < 1.29 is 15.3 Å². The maximum Gasteiger partial charge on any atom is 0.119 e. The van der Waals surface area contributed by atoms with Gasteiger partial charge in [-0.1, -0.05) is 178 Å². The highest BCUT2D eigenvalue weighted by atomic mass is 16.3. The highest BCUT2D eigenvalue weighted by molar-refractivity contribution is 5.71. The third kappa shape index (κ3) is 28.3. The molecule has 3 heteroatoms. The van der Waals surface area contributed by atoms with E-state index in [-0.39, 0.29) is 17.2 Å². The molecule has 0 spiro atoms. The Morgan fingerprint density at radius 2 is 0.754 bits per heavy atom. The predicted octanol–water partition coefficient (Wildman–Crippen LogP) is 15.9. The molecule has 0 aliphatic carbocycles. The number of allylic oxidation sites excluding steroid dienone is 26. The van der Waals surface area contributed by atoms with Crippen LogP contribution in [-0.2, 0) is 0 Å². The van der Waals surface area contributed by atoms with Crippen molar-refractivity contribution in [3.8, 4) is 17.2 Å². The average Bonchev–Trinajstić information content (AvgIpc) is 3.13. The number of phenolic OH excluding ortho intramolecular Hbond substituents is 3. The molecule has 0 bridgehead atoms. The van der Waals surface area contributed by atoms with Gasteiger partial charge in [0.25, 0.3) is 0 Å². The summed E-state index contributed by atoms with van der Waals surface area (Å²) < 4.78 is 0. The fourth-order valence-electron chi connectivity index (χ4n) is 4.90. The summed E-state index contributed by atoms with van der Waals surface area (Å²) in [6, 6.07) is 11.1. The Morgan fingerprint density at radius 1 is 0.404 bits per heavy atom. The molecule has 0 radical (unpaired) electrons. The summed E-state index contributed by atoms with van der Waals surface area (Å²) in [4.78, 5) is 0. The van der Waals surface area contributed by atoms with Gasteiger partial charge in [-0.25, -0.2) is 0 Å². The molecule has 0 amide bonds. The summed E-state index contributed by atoms with van der Waals surface area (Å²) in [5.41, 5.74) is 12.1. The average molecular weight is 765 g/mol. The van der Waals surface area contributed by atoms with Crippen LogP contribution in [0.3, 0.4) is 0 Å². The highest BCUT2D eigenvalue weighted by Gasteiger charge is 1.96. The van der Waals surface area contributed by atoms with E-state index in [1.54, 1.807) is 42.5 Å². The topological polar surface area (TPSA) is 60.7 Å². The summed E-state index contributed by atoms with van der Waals surface area (Å²) in [6.07, 6.45) is 46.9. The minimum atomic E-state index is 0.0235. The van der Waals surface area contributed by atoms with E-state index in [0.29, 0.717) is 5.56 Å². The van der Waals surface area contributed by atoms with E-state index in [1.165, 1.54) is 50.7 Å². The van der Waals surface area contributed by atoms with Crippen LogP contribution in [-0.4, -0.2) is 15.3 Å². The van der Waals surface area contributed by atoms with Crippen molar-refractivity contribution in [2.24, 2.45) is 0 Å². The van der Waals surface area contributed by atoms with Crippen molar-refractivity contribution >= 4 is 12.2 Å². The standard InChI is InChI=1S/C40H56.C14H12O3/c1-33(2)19-13-23-37(7)27-17-31-39(9)29-15-25-35(5)21-11-12-22-36(6)26-16-30-40(10)32-18-28-38(8)24-14-20-34(3)4;15-12-5-3-10(4-6-12)1-2-11-7-13(16)9-14(17)8-11/h11-12,15-22,25-32H,13-14,23-24H2,1-10H3;1-9,15-17H/b12-11+,25-15+,26-16+,31-17+,32-18+,35-21+,36-22+,37-27+,38-28+,39-29+,40-30+;. The van der Waals surface area contributed by atoms with Crippen molar-refractivity contribution in [2.45, 2.75) is 94.9 Å². The molecule has 0 aromatic heterocycles. The van der Waals surface area contributed by atoms with Crippen LogP contribution in [0.5, 0.6) is 17.2 Å². The van der Waals surface area contributed by atoms with Crippen LogP contribution in [0, 0.1) is 0 Å². The van der Waals surface area contributed by atoms with Crippen LogP contribution < -0.4 is 0 Å². The number of hydrogen-bond acceptors (Lipinski definition) is 3. The summed E-state index contributed by atoms with van der Waals surface area (Å²) >= 11 is 0. The first-order valence-corrected chi connectivity index (χ1v) is 19.8. The molecular formula is C54H68O3. The minimum absolute atomic E-state index is 0.0235. The molecule has 0 fully saturated rings. The molecular weight excluding hydrogens is 697 g/mol. The van der Waals surface area contributed by atoms with Gasteiger partial charge in [-0.3, -0.25) is 0 Å². The van der Waals surface area contributed by atoms with E-state index in [2.05, 4.69) is 179 Å². The van der Waals surface area contributed by atoms with E-state index in [1.807, 2.05) is 6.08 Å². The number of benzene rings is 2. The number of phenols is 3. The van der Waals surface area contributed by atoms with E-state index < -0.39 is 0 Å². The first-order valence-electron chi connectivity index (χ1n) is 19.8. The molecule has 2 aromatic rings. The van der Waals surface area contributed by atoms with Crippen molar-refractivity contribution in [3.05, 3.63) is 208 Å². The Morgan fingerprint density at radius 3 is 1.14 bits per heavy atom. The van der Waals surface area contributed by atoms with E-state index in [4.69, 9.17) is 5.11 Å². The Bertz CT molecular complexity index is 1850. The van der Waals surface area contributed by atoms with Crippen LogP contribution in [0.4, 0.5) is 0 Å². The second-order valence-electron chi connectivity index (χ2n) is 14.8. The number of rotatable bonds is 18. The molecule has 0 aliphatic rings. The molecule has 2 rings (SSSR count). The summed E-state index contributed by atoms with van der Waals surface area (Å²) in [6.45, 7) is 21.5. The molecule has 3 nitrogen and oxygen atoms in total. The molecule has 3 N–H and O–H groups in total. The molecule has 0 atom stereocenters. The van der Waals surface area contributed by atoms with Gasteiger partial charge in [0, 0.05) is 6.07 Å². The zero-order valence-electron chi connectivity index (χ0n) is 36.3. The van der Waals surface area contributed by atoms with Gasteiger partial charge >= 0.3 is 0 Å². The normalized spacial score (nSPS) is 13.8. The molecule has 302 valence electrons. The zero-order chi connectivity index (χ0) is 42.4. The first kappa shape index (κ1) is 49.2. The second kappa shape index (κ2) is 29.5. The Balaban J connectivity index is 0.000000782. The lowest BCUT2D eigenvalue weighted by atomic mass is 10.1. The quantitative estimate of drug-likeness (QED) is 0.0805. The van der Waals surface area contributed by atoms with Gasteiger partial charge in [0.05, 0.1) is 0 Å². The lowest BCUT2D eigenvalue weighted by molar-refractivity contribution is 0.450. The molecule has 0 aliphatic heterocycles. The van der Waals surface area contributed by atoms with Crippen LogP contribution in [0.2, 0.25) is 0 Å². The third-order valence-corrected chi connectivity index (χ3v) is 8.21. The minimum Gasteiger partial charge on any atom is -0.508 e. The lowest BCUT2D eigenvalue weighted by Crippen LogP contribution is -1.76.